The number of nitrogens with one attached hydrogen (secondary N) is 2. The van der Waals surface area contributed by atoms with Crippen LogP contribution < -0.4 is 15.4 Å². The summed E-state index contributed by atoms with van der Waals surface area (Å²) in [6.07, 6.45) is 3.79. The maximum Gasteiger partial charge on any atom is 0.255 e. The largest absolute Gasteiger partial charge is 0.496 e. The number of ether oxygens (including phenoxy) is 1. The number of hydrogen-bond donors (Lipinski definition) is 2. The topological polar surface area (TPSA) is 87.7 Å². The summed E-state index contributed by atoms with van der Waals surface area (Å²) in [5.74, 6) is 0.0771. The van der Waals surface area contributed by atoms with Crippen molar-refractivity contribution >= 4 is 21.4 Å². The Hall–Kier alpha value is -1.80. The molecule has 0 radical (unpaired) electrons. The predicted octanol–water partition coefficient (Wildman–Crippen LogP) is 2.52. The normalized spacial score (nSPS) is 17.5. The van der Waals surface area contributed by atoms with Crippen molar-refractivity contribution in [3.05, 3.63) is 17.7 Å². The molecule has 1 aromatic carbocycles. The van der Waals surface area contributed by atoms with Gasteiger partial charge in [-0.15, -0.1) is 0 Å². The highest BCUT2D eigenvalue weighted by atomic mass is 32.2. The van der Waals surface area contributed by atoms with Crippen molar-refractivity contribution in [2.24, 2.45) is 0 Å². The highest BCUT2D eigenvalue weighted by Crippen LogP contribution is 2.31. The summed E-state index contributed by atoms with van der Waals surface area (Å²) in [5.41, 5.74) is 0.683. The highest BCUT2D eigenvalue weighted by Gasteiger charge is 2.26. The van der Waals surface area contributed by atoms with E-state index in [1.807, 2.05) is 6.92 Å². The molecule has 158 valence electrons. The number of sulfone groups is 1. The van der Waals surface area contributed by atoms with Gasteiger partial charge in [0.15, 0.2) is 9.84 Å². The summed E-state index contributed by atoms with van der Waals surface area (Å²) >= 11 is 0. The van der Waals surface area contributed by atoms with E-state index in [1.54, 1.807) is 13.1 Å². The molecule has 1 aliphatic rings. The second-order valence-electron chi connectivity index (χ2n) is 7.16. The highest BCUT2D eigenvalue weighted by molar-refractivity contribution is 7.91. The number of anilines is 1. The molecule has 0 spiro atoms. The van der Waals surface area contributed by atoms with Crippen LogP contribution in [-0.2, 0) is 9.84 Å². The molecule has 1 aromatic rings. The van der Waals surface area contributed by atoms with Crippen LogP contribution in [0.25, 0.3) is 0 Å². The average molecular weight is 412 g/mol. The van der Waals surface area contributed by atoms with E-state index >= 15 is 0 Å². The van der Waals surface area contributed by atoms with Crippen molar-refractivity contribution in [1.82, 2.24) is 10.2 Å². The minimum atomic E-state index is -3.49. The van der Waals surface area contributed by atoms with E-state index in [2.05, 4.69) is 22.5 Å². The van der Waals surface area contributed by atoms with E-state index in [-0.39, 0.29) is 22.1 Å². The SMILES string of the molecule is CCCN1CCCC1CNC(=O)c1cc(S(=O)(=O)CCC)c(NC)cc1OC. The summed E-state index contributed by atoms with van der Waals surface area (Å²) in [7, 11) is -0.355. The summed E-state index contributed by atoms with van der Waals surface area (Å²) in [4.78, 5) is 15.4. The third-order valence-corrected chi connectivity index (χ3v) is 7.09. The van der Waals surface area contributed by atoms with Gasteiger partial charge in [0.1, 0.15) is 5.75 Å². The van der Waals surface area contributed by atoms with Gasteiger partial charge < -0.3 is 15.4 Å². The smallest absolute Gasteiger partial charge is 0.255 e. The number of methoxy groups -OCH3 is 1. The molecule has 8 heteroatoms. The van der Waals surface area contributed by atoms with E-state index in [4.69, 9.17) is 4.74 Å². The predicted molar refractivity (Wildman–Crippen MR) is 112 cm³/mol. The zero-order chi connectivity index (χ0) is 20.7. The fourth-order valence-electron chi connectivity index (χ4n) is 3.75. The maximum absolute atomic E-state index is 12.9. The van der Waals surface area contributed by atoms with E-state index in [0.29, 0.717) is 30.4 Å². The van der Waals surface area contributed by atoms with Gasteiger partial charge in [0.25, 0.3) is 5.91 Å². The van der Waals surface area contributed by atoms with Crippen molar-refractivity contribution in [3.63, 3.8) is 0 Å². The first-order chi connectivity index (χ1) is 13.4. The molecule has 1 amide bonds. The number of rotatable bonds is 10. The first-order valence-corrected chi connectivity index (χ1v) is 11.7. The number of carbonyl (C=O) groups excluding carboxylic acids is 1. The Morgan fingerprint density at radius 3 is 2.64 bits per heavy atom. The quantitative estimate of drug-likeness (QED) is 0.615. The van der Waals surface area contributed by atoms with Gasteiger partial charge in [-0.1, -0.05) is 13.8 Å². The molecule has 1 heterocycles. The van der Waals surface area contributed by atoms with Crippen molar-refractivity contribution in [1.29, 1.82) is 0 Å². The molecule has 0 aliphatic carbocycles. The summed E-state index contributed by atoms with van der Waals surface area (Å²) < 4.78 is 30.7. The van der Waals surface area contributed by atoms with Crippen molar-refractivity contribution < 1.29 is 17.9 Å². The minimum absolute atomic E-state index is 0.0309. The van der Waals surface area contributed by atoms with Crippen LogP contribution in [0, 0.1) is 0 Å². The van der Waals surface area contributed by atoms with Gasteiger partial charge in [0, 0.05) is 25.7 Å². The lowest BCUT2D eigenvalue weighted by Crippen LogP contribution is -2.40. The molecular weight excluding hydrogens is 378 g/mol. The number of amides is 1. The van der Waals surface area contributed by atoms with E-state index in [1.165, 1.54) is 13.2 Å². The van der Waals surface area contributed by atoms with Crippen LogP contribution >= 0.6 is 0 Å². The van der Waals surface area contributed by atoms with Gasteiger partial charge in [0.05, 0.1) is 29.0 Å². The fraction of sp³-hybridized carbons (Fsp3) is 0.650. The molecule has 7 nitrogen and oxygen atoms in total. The van der Waals surface area contributed by atoms with Crippen molar-refractivity contribution in [2.45, 2.75) is 50.5 Å². The molecule has 1 aliphatic heterocycles. The lowest BCUT2D eigenvalue weighted by atomic mass is 10.1. The molecule has 1 saturated heterocycles. The molecule has 1 fully saturated rings. The molecule has 1 unspecified atom stereocenters. The third-order valence-electron chi connectivity index (χ3n) is 5.13. The van der Waals surface area contributed by atoms with E-state index in [9.17, 15) is 13.2 Å². The van der Waals surface area contributed by atoms with Crippen LogP contribution in [0.3, 0.4) is 0 Å². The summed E-state index contributed by atoms with van der Waals surface area (Å²) in [6, 6.07) is 3.34. The van der Waals surface area contributed by atoms with E-state index in [0.717, 1.165) is 32.4 Å². The lowest BCUT2D eigenvalue weighted by Gasteiger charge is -2.24. The Morgan fingerprint density at radius 2 is 2.04 bits per heavy atom. The first kappa shape index (κ1) is 22.5. The fourth-order valence-corrected chi connectivity index (χ4v) is 5.30. The Labute approximate surface area is 168 Å². The third kappa shape index (κ3) is 5.17. The van der Waals surface area contributed by atoms with Crippen LogP contribution in [-0.4, -0.2) is 64.8 Å². The number of hydrogen-bond acceptors (Lipinski definition) is 6. The number of likely N-dealkylation sites (tertiary alicyclic amines) is 1. The van der Waals surface area contributed by atoms with Gasteiger partial charge in [-0.25, -0.2) is 8.42 Å². The van der Waals surface area contributed by atoms with Crippen LogP contribution in [0.1, 0.15) is 49.9 Å². The van der Waals surface area contributed by atoms with Gasteiger partial charge in [-0.2, -0.15) is 0 Å². The monoisotopic (exact) mass is 411 g/mol. The zero-order valence-corrected chi connectivity index (χ0v) is 18.2. The van der Waals surface area contributed by atoms with Gasteiger partial charge in [0.2, 0.25) is 0 Å². The second kappa shape index (κ2) is 10.1. The number of carbonyl (C=O) groups is 1. The second-order valence-corrected chi connectivity index (χ2v) is 9.24. The van der Waals surface area contributed by atoms with Crippen LogP contribution in [0.5, 0.6) is 5.75 Å². The van der Waals surface area contributed by atoms with Gasteiger partial charge >= 0.3 is 0 Å². The summed E-state index contributed by atoms with van der Waals surface area (Å²) in [5, 5.41) is 5.88. The molecule has 0 bridgehead atoms. The van der Waals surface area contributed by atoms with E-state index < -0.39 is 9.84 Å². The molecular formula is C20H33N3O4S. The standard InChI is InChI=1S/C20H33N3O4S/c1-5-9-23-10-7-8-15(23)14-22-20(24)16-12-19(28(25,26)11-6-2)17(21-3)13-18(16)27-4/h12-13,15,21H,5-11,14H2,1-4H3,(H,22,24). The molecule has 1 atom stereocenters. The summed E-state index contributed by atoms with van der Waals surface area (Å²) in [6.45, 7) is 6.61. The lowest BCUT2D eigenvalue weighted by molar-refractivity contribution is 0.0937. The molecule has 0 saturated carbocycles. The average Bonchev–Trinajstić information content (AvgIpc) is 3.12. The van der Waals surface area contributed by atoms with Gasteiger partial charge in [-0.3, -0.25) is 9.69 Å². The molecule has 0 aromatic heterocycles. The van der Waals surface area contributed by atoms with Crippen LogP contribution in [0.15, 0.2) is 17.0 Å². The minimum Gasteiger partial charge on any atom is -0.496 e. The van der Waals surface area contributed by atoms with Gasteiger partial charge in [-0.05, 0) is 44.8 Å². The zero-order valence-electron chi connectivity index (χ0n) is 17.4. The van der Waals surface area contributed by atoms with Crippen LogP contribution in [0.4, 0.5) is 5.69 Å². The number of nitrogens with zero attached hydrogens (tertiary/aromatic N) is 1. The van der Waals surface area contributed by atoms with Crippen molar-refractivity contribution in [3.8, 4) is 5.75 Å². The van der Waals surface area contributed by atoms with Crippen LogP contribution in [0.2, 0.25) is 0 Å². The Kier molecular flexibility index (Phi) is 8.12. The molecule has 28 heavy (non-hydrogen) atoms. The maximum atomic E-state index is 12.9. The Bertz CT molecular complexity index is 780. The molecule has 2 rings (SSSR count). The Morgan fingerprint density at radius 1 is 1.29 bits per heavy atom. The van der Waals surface area contributed by atoms with Crippen molar-refractivity contribution in [2.75, 3.05) is 44.9 Å². The first-order valence-electron chi connectivity index (χ1n) is 10.0. The number of benzene rings is 1. The molecule has 2 N–H and O–H groups in total. The Balaban J connectivity index is 2.26.